The van der Waals surface area contributed by atoms with E-state index in [1.807, 2.05) is 43.3 Å². The lowest BCUT2D eigenvalue weighted by molar-refractivity contribution is 0.280. The normalized spacial score (nSPS) is 17.2. The smallest absolute Gasteiger partial charge is 0.191 e. The first-order valence-electron chi connectivity index (χ1n) is 9.29. The lowest BCUT2D eigenvalue weighted by Crippen LogP contribution is -2.44. The van der Waals surface area contributed by atoms with Gasteiger partial charge in [-0.1, -0.05) is 35.9 Å². The largest absolute Gasteiger partial charge is 0.392 e. The zero-order chi connectivity index (χ0) is 19.1. The summed E-state index contributed by atoms with van der Waals surface area (Å²) in [5, 5.41) is 17.0. The van der Waals surface area contributed by atoms with Gasteiger partial charge in [-0.15, -0.1) is 0 Å². The zero-order valence-electron chi connectivity index (χ0n) is 15.5. The standard InChI is InChI=1S/C20H26ClN5O/c1-2-22-20(24-12-15-6-3-4-7-16(15)14-27)25-17-9-11-26(13-17)19-18(21)8-5-10-23-19/h3-8,10,17,27H,2,9,11-14H2,1H3,(H2,22,24,25). The molecule has 1 unspecified atom stereocenters. The van der Waals surface area contributed by atoms with Crippen molar-refractivity contribution in [3.8, 4) is 0 Å². The van der Waals surface area contributed by atoms with Gasteiger partial charge in [0, 0.05) is 31.9 Å². The molecule has 2 heterocycles. The zero-order valence-corrected chi connectivity index (χ0v) is 16.3. The summed E-state index contributed by atoms with van der Waals surface area (Å²) >= 11 is 6.27. The van der Waals surface area contributed by atoms with E-state index in [-0.39, 0.29) is 12.6 Å². The minimum atomic E-state index is 0.0259. The van der Waals surface area contributed by atoms with Crippen molar-refractivity contribution < 1.29 is 5.11 Å². The van der Waals surface area contributed by atoms with Crippen LogP contribution in [0.5, 0.6) is 0 Å². The number of aliphatic imine (C=N–C) groups is 1. The quantitative estimate of drug-likeness (QED) is 0.525. The van der Waals surface area contributed by atoms with Crippen molar-refractivity contribution in [3.05, 3.63) is 58.7 Å². The summed E-state index contributed by atoms with van der Waals surface area (Å²) in [5.74, 6) is 1.62. The average Bonchev–Trinajstić information content (AvgIpc) is 3.15. The van der Waals surface area contributed by atoms with E-state index < -0.39 is 0 Å². The highest BCUT2D eigenvalue weighted by Crippen LogP contribution is 2.25. The van der Waals surface area contributed by atoms with Crippen LogP contribution in [0.1, 0.15) is 24.5 Å². The maximum absolute atomic E-state index is 9.47. The number of guanidine groups is 1. The Labute approximate surface area is 165 Å². The first-order chi connectivity index (χ1) is 13.2. The van der Waals surface area contributed by atoms with Crippen molar-refractivity contribution in [3.63, 3.8) is 0 Å². The van der Waals surface area contributed by atoms with Crippen LogP contribution in [-0.4, -0.2) is 41.7 Å². The van der Waals surface area contributed by atoms with Gasteiger partial charge in [0.15, 0.2) is 5.96 Å². The summed E-state index contributed by atoms with van der Waals surface area (Å²) in [6, 6.07) is 11.8. The molecule has 3 rings (SSSR count). The van der Waals surface area contributed by atoms with Gasteiger partial charge in [0.05, 0.1) is 18.2 Å². The molecule has 144 valence electrons. The minimum absolute atomic E-state index is 0.0259. The summed E-state index contributed by atoms with van der Waals surface area (Å²) in [5.41, 5.74) is 1.94. The maximum atomic E-state index is 9.47. The molecule has 0 bridgehead atoms. The predicted octanol–water partition coefficient (Wildman–Crippen LogP) is 2.56. The number of benzene rings is 1. The van der Waals surface area contributed by atoms with Gasteiger partial charge < -0.3 is 20.6 Å². The summed E-state index contributed by atoms with van der Waals surface area (Å²) in [7, 11) is 0. The van der Waals surface area contributed by atoms with Gasteiger partial charge in [-0.2, -0.15) is 0 Å². The number of pyridine rings is 1. The highest BCUT2D eigenvalue weighted by molar-refractivity contribution is 6.32. The van der Waals surface area contributed by atoms with E-state index in [0.717, 1.165) is 49.0 Å². The molecule has 1 saturated heterocycles. The van der Waals surface area contributed by atoms with Crippen molar-refractivity contribution >= 4 is 23.4 Å². The highest BCUT2D eigenvalue weighted by atomic mass is 35.5. The van der Waals surface area contributed by atoms with E-state index in [0.29, 0.717) is 11.6 Å². The fourth-order valence-electron chi connectivity index (χ4n) is 3.22. The lowest BCUT2D eigenvalue weighted by Gasteiger charge is -2.20. The van der Waals surface area contributed by atoms with Crippen molar-refractivity contribution in [2.45, 2.75) is 32.5 Å². The third kappa shape index (κ3) is 5.11. The number of nitrogens with zero attached hydrogens (tertiary/aromatic N) is 3. The van der Waals surface area contributed by atoms with Crippen LogP contribution in [0.4, 0.5) is 5.82 Å². The molecular formula is C20H26ClN5O. The third-order valence-electron chi connectivity index (χ3n) is 4.61. The van der Waals surface area contributed by atoms with Crippen molar-refractivity contribution in [1.82, 2.24) is 15.6 Å². The molecule has 0 aliphatic carbocycles. The van der Waals surface area contributed by atoms with Gasteiger partial charge in [0.2, 0.25) is 0 Å². The highest BCUT2D eigenvalue weighted by Gasteiger charge is 2.25. The molecule has 1 aromatic carbocycles. The van der Waals surface area contributed by atoms with Crippen LogP contribution in [0.15, 0.2) is 47.6 Å². The van der Waals surface area contributed by atoms with E-state index in [1.54, 1.807) is 6.20 Å². The topological polar surface area (TPSA) is 72.8 Å². The molecule has 0 radical (unpaired) electrons. The molecule has 0 saturated carbocycles. The molecule has 7 heteroatoms. The number of anilines is 1. The molecule has 2 aromatic rings. The maximum Gasteiger partial charge on any atom is 0.191 e. The summed E-state index contributed by atoms with van der Waals surface area (Å²) in [6.07, 6.45) is 2.76. The Hall–Kier alpha value is -2.31. The van der Waals surface area contributed by atoms with Gasteiger partial charge in [-0.05, 0) is 36.6 Å². The monoisotopic (exact) mass is 387 g/mol. The summed E-state index contributed by atoms with van der Waals surface area (Å²) in [6.45, 7) is 5.12. The van der Waals surface area contributed by atoms with Crippen LogP contribution in [-0.2, 0) is 13.2 Å². The molecule has 27 heavy (non-hydrogen) atoms. The first-order valence-corrected chi connectivity index (χ1v) is 9.67. The number of halogens is 1. The Balaban J connectivity index is 1.64. The van der Waals surface area contributed by atoms with Crippen LogP contribution >= 0.6 is 11.6 Å². The van der Waals surface area contributed by atoms with Gasteiger partial charge in [0.25, 0.3) is 0 Å². The van der Waals surface area contributed by atoms with Gasteiger partial charge in [-0.25, -0.2) is 9.98 Å². The van der Waals surface area contributed by atoms with E-state index in [2.05, 4.69) is 20.5 Å². The molecule has 6 nitrogen and oxygen atoms in total. The van der Waals surface area contributed by atoms with E-state index >= 15 is 0 Å². The van der Waals surface area contributed by atoms with E-state index in [4.69, 9.17) is 16.6 Å². The van der Waals surface area contributed by atoms with Gasteiger partial charge in [-0.3, -0.25) is 0 Å². The number of aromatic nitrogens is 1. The lowest BCUT2D eigenvalue weighted by atomic mass is 10.1. The average molecular weight is 388 g/mol. The molecule has 1 atom stereocenters. The Morgan fingerprint density at radius 2 is 2.11 bits per heavy atom. The number of aliphatic hydroxyl groups excluding tert-OH is 1. The Morgan fingerprint density at radius 1 is 1.30 bits per heavy atom. The van der Waals surface area contributed by atoms with Crippen LogP contribution < -0.4 is 15.5 Å². The van der Waals surface area contributed by atoms with Crippen molar-refractivity contribution in [2.24, 2.45) is 4.99 Å². The van der Waals surface area contributed by atoms with Crippen LogP contribution in [0.2, 0.25) is 5.02 Å². The molecule has 1 aromatic heterocycles. The fourth-order valence-corrected chi connectivity index (χ4v) is 3.47. The minimum Gasteiger partial charge on any atom is -0.392 e. The van der Waals surface area contributed by atoms with Crippen LogP contribution in [0.25, 0.3) is 0 Å². The van der Waals surface area contributed by atoms with Crippen LogP contribution in [0.3, 0.4) is 0 Å². The van der Waals surface area contributed by atoms with Crippen molar-refractivity contribution in [2.75, 3.05) is 24.5 Å². The number of nitrogens with one attached hydrogen (secondary N) is 2. The number of rotatable bonds is 6. The predicted molar refractivity (Wildman–Crippen MR) is 110 cm³/mol. The number of aliphatic hydroxyl groups is 1. The summed E-state index contributed by atoms with van der Waals surface area (Å²) < 4.78 is 0. The van der Waals surface area contributed by atoms with E-state index in [9.17, 15) is 5.11 Å². The second-order valence-electron chi connectivity index (χ2n) is 6.51. The number of hydrogen-bond acceptors (Lipinski definition) is 4. The Morgan fingerprint density at radius 3 is 2.85 bits per heavy atom. The molecular weight excluding hydrogens is 362 g/mol. The van der Waals surface area contributed by atoms with Crippen molar-refractivity contribution in [1.29, 1.82) is 0 Å². The molecule has 1 fully saturated rings. The molecule has 3 N–H and O–H groups in total. The molecule has 1 aliphatic heterocycles. The second kappa shape index (κ2) is 9.58. The van der Waals surface area contributed by atoms with Crippen LogP contribution in [0, 0.1) is 0 Å². The second-order valence-corrected chi connectivity index (χ2v) is 6.91. The van der Waals surface area contributed by atoms with E-state index in [1.165, 1.54) is 0 Å². The number of hydrogen-bond donors (Lipinski definition) is 3. The molecule has 1 aliphatic rings. The van der Waals surface area contributed by atoms with Gasteiger partial charge in [0.1, 0.15) is 5.82 Å². The third-order valence-corrected chi connectivity index (χ3v) is 4.90. The van der Waals surface area contributed by atoms with Gasteiger partial charge >= 0.3 is 0 Å². The Bertz CT molecular complexity index is 782. The fraction of sp³-hybridized carbons (Fsp3) is 0.400. The SMILES string of the molecule is CCNC(=NCc1ccccc1CO)NC1CCN(c2ncccc2Cl)C1. The Kier molecular flexibility index (Phi) is 6.90. The molecule has 0 amide bonds. The summed E-state index contributed by atoms with van der Waals surface area (Å²) in [4.78, 5) is 11.3. The molecule has 0 spiro atoms. The first kappa shape index (κ1) is 19.5.